The van der Waals surface area contributed by atoms with Crippen LogP contribution in [-0.4, -0.2) is 12.4 Å². The molecule has 0 spiro atoms. The van der Waals surface area contributed by atoms with Crippen LogP contribution in [0.1, 0.15) is 11.1 Å². The molecule has 0 saturated heterocycles. The minimum atomic E-state index is -0.833. The van der Waals surface area contributed by atoms with Crippen molar-refractivity contribution in [2.24, 2.45) is 21.9 Å². The molecule has 6 heteroatoms. The smallest absolute Gasteiger partial charge is 0.181 e. The van der Waals surface area contributed by atoms with Crippen molar-refractivity contribution in [2.75, 3.05) is 0 Å². The molecule has 1 atom stereocenters. The molecule has 78 valence electrons. The fraction of sp³-hybridized carbons (Fsp3) is 0.111. The van der Waals surface area contributed by atoms with Crippen LogP contribution >= 0.6 is 0 Å². The average molecular weight is 204 g/mol. The highest BCUT2D eigenvalue weighted by Gasteiger charge is 2.32. The van der Waals surface area contributed by atoms with Gasteiger partial charge in [-0.05, 0) is 0 Å². The Morgan fingerprint density at radius 1 is 1.47 bits per heavy atom. The molecule has 1 aliphatic rings. The topological polar surface area (TPSA) is 101 Å². The van der Waals surface area contributed by atoms with Crippen molar-refractivity contribution in [3.63, 3.8) is 0 Å². The van der Waals surface area contributed by atoms with Crippen molar-refractivity contribution in [3.8, 4) is 0 Å². The first-order chi connectivity index (χ1) is 7.32. The van der Waals surface area contributed by atoms with Crippen LogP contribution in [0, 0.1) is 0 Å². The standard InChI is InChI=1S/C9H12N6/c10-12-6-9(14-11)8-4-2-1-3-7(8)5-13-15-9/h1-6,14-15H,10-11H2. The van der Waals surface area contributed by atoms with Gasteiger partial charge in [0.2, 0.25) is 0 Å². The summed E-state index contributed by atoms with van der Waals surface area (Å²) in [5, 5.41) is 7.49. The Balaban J connectivity index is 2.57. The molecule has 6 nitrogen and oxygen atoms in total. The van der Waals surface area contributed by atoms with Gasteiger partial charge in [-0.15, -0.1) is 0 Å². The molecule has 6 N–H and O–H groups in total. The van der Waals surface area contributed by atoms with Crippen LogP contribution in [0.2, 0.25) is 0 Å². The summed E-state index contributed by atoms with van der Waals surface area (Å²) in [6, 6.07) is 7.71. The van der Waals surface area contributed by atoms with Gasteiger partial charge in [0, 0.05) is 11.1 Å². The summed E-state index contributed by atoms with van der Waals surface area (Å²) >= 11 is 0. The Kier molecular flexibility index (Phi) is 2.36. The van der Waals surface area contributed by atoms with Gasteiger partial charge in [-0.1, -0.05) is 24.3 Å². The normalized spacial score (nSPS) is 23.8. The minimum Gasteiger partial charge on any atom is -0.323 e. The molecule has 0 fully saturated rings. The van der Waals surface area contributed by atoms with Crippen molar-refractivity contribution in [2.45, 2.75) is 5.66 Å². The summed E-state index contributed by atoms with van der Waals surface area (Å²) in [6.07, 6.45) is 3.19. The number of rotatable bonds is 2. The summed E-state index contributed by atoms with van der Waals surface area (Å²) < 4.78 is 0. The summed E-state index contributed by atoms with van der Waals surface area (Å²) in [4.78, 5) is 0. The number of hydrazone groups is 2. The van der Waals surface area contributed by atoms with Gasteiger partial charge in [0.05, 0.1) is 12.4 Å². The molecular formula is C9H12N6. The first-order valence-corrected chi connectivity index (χ1v) is 4.44. The van der Waals surface area contributed by atoms with E-state index in [0.717, 1.165) is 11.1 Å². The zero-order chi connectivity index (χ0) is 10.7. The van der Waals surface area contributed by atoms with E-state index in [9.17, 15) is 0 Å². The third-order valence-electron chi connectivity index (χ3n) is 2.33. The molecular weight excluding hydrogens is 192 g/mol. The Hall–Kier alpha value is -1.92. The lowest BCUT2D eigenvalue weighted by atomic mass is 9.95. The maximum Gasteiger partial charge on any atom is 0.181 e. The molecule has 15 heavy (non-hydrogen) atoms. The van der Waals surface area contributed by atoms with Gasteiger partial charge in [-0.3, -0.25) is 11.3 Å². The fourth-order valence-electron chi connectivity index (χ4n) is 1.59. The van der Waals surface area contributed by atoms with E-state index in [0.29, 0.717) is 0 Å². The Labute approximate surface area is 87.0 Å². The van der Waals surface area contributed by atoms with Crippen molar-refractivity contribution in [1.29, 1.82) is 0 Å². The van der Waals surface area contributed by atoms with Crippen molar-refractivity contribution >= 4 is 12.4 Å². The SMILES string of the molecule is NN=CC1(NN)NN=Cc2ccccc21. The number of nitrogens with two attached hydrogens (primary N) is 2. The number of hydrazine groups is 1. The van der Waals surface area contributed by atoms with Crippen LogP contribution in [0.25, 0.3) is 0 Å². The second-order valence-corrected chi connectivity index (χ2v) is 3.19. The van der Waals surface area contributed by atoms with Crippen LogP contribution < -0.4 is 22.5 Å². The number of fused-ring (bicyclic) bond motifs is 1. The highest BCUT2D eigenvalue weighted by atomic mass is 15.5. The molecule has 1 aromatic carbocycles. The van der Waals surface area contributed by atoms with E-state index in [1.807, 2.05) is 24.3 Å². The Bertz CT molecular complexity index is 413. The molecule has 0 bridgehead atoms. The second kappa shape index (κ2) is 3.68. The summed E-state index contributed by atoms with van der Waals surface area (Å²) in [5.41, 5.74) is 6.52. The van der Waals surface area contributed by atoms with Crippen molar-refractivity contribution in [3.05, 3.63) is 35.4 Å². The first-order valence-electron chi connectivity index (χ1n) is 4.44. The summed E-state index contributed by atoms with van der Waals surface area (Å²) in [5.74, 6) is 10.7. The van der Waals surface area contributed by atoms with Crippen LogP contribution in [0.3, 0.4) is 0 Å². The highest BCUT2D eigenvalue weighted by Crippen LogP contribution is 2.21. The molecule has 0 radical (unpaired) electrons. The van der Waals surface area contributed by atoms with E-state index in [2.05, 4.69) is 21.1 Å². The van der Waals surface area contributed by atoms with Crippen LogP contribution in [0.4, 0.5) is 0 Å². The van der Waals surface area contributed by atoms with E-state index >= 15 is 0 Å². The molecule has 2 rings (SSSR count). The Morgan fingerprint density at radius 3 is 3.00 bits per heavy atom. The lowest BCUT2D eigenvalue weighted by molar-refractivity contribution is 0.378. The number of nitrogens with zero attached hydrogens (tertiary/aromatic N) is 2. The van der Waals surface area contributed by atoms with Crippen LogP contribution in [-0.2, 0) is 5.66 Å². The van der Waals surface area contributed by atoms with Gasteiger partial charge in [0.25, 0.3) is 0 Å². The fourth-order valence-corrected chi connectivity index (χ4v) is 1.59. The largest absolute Gasteiger partial charge is 0.323 e. The molecule has 0 saturated carbocycles. The van der Waals surface area contributed by atoms with Gasteiger partial charge in [-0.25, -0.2) is 5.43 Å². The number of hydrogen-bond acceptors (Lipinski definition) is 6. The van der Waals surface area contributed by atoms with Gasteiger partial charge in [0.1, 0.15) is 0 Å². The molecule has 1 heterocycles. The van der Waals surface area contributed by atoms with Gasteiger partial charge in [-0.2, -0.15) is 10.2 Å². The summed E-state index contributed by atoms with van der Waals surface area (Å²) in [6.45, 7) is 0. The third kappa shape index (κ3) is 1.45. The minimum absolute atomic E-state index is 0.833. The molecule has 1 aliphatic heterocycles. The number of hydrogen-bond donors (Lipinski definition) is 4. The average Bonchev–Trinajstić information content (AvgIpc) is 2.30. The predicted molar refractivity (Wildman–Crippen MR) is 58.9 cm³/mol. The zero-order valence-corrected chi connectivity index (χ0v) is 8.01. The van der Waals surface area contributed by atoms with E-state index in [1.54, 1.807) is 6.21 Å². The quantitative estimate of drug-likeness (QED) is 0.287. The van der Waals surface area contributed by atoms with Crippen LogP contribution in [0.15, 0.2) is 34.5 Å². The van der Waals surface area contributed by atoms with E-state index in [1.165, 1.54) is 6.21 Å². The van der Waals surface area contributed by atoms with Gasteiger partial charge >= 0.3 is 0 Å². The molecule has 1 unspecified atom stereocenters. The van der Waals surface area contributed by atoms with Crippen LogP contribution in [0.5, 0.6) is 0 Å². The summed E-state index contributed by atoms with van der Waals surface area (Å²) in [7, 11) is 0. The predicted octanol–water partition coefficient (Wildman–Crippen LogP) is -0.816. The zero-order valence-electron chi connectivity index (χ0n) is 8.01. The van der Waals surface area contributed by atoms with E-state index in [-0.39, 0.29) is 0 Å². The molecule has 0 aromatic heterocycles. The molecule has 0 amide bonds. The third-order valence-corrected chi connectivity index (χ3v) is 2.33. The maximum absolute atomic E-state index is 5.51. The van der Waals surface area contributed by atoms with Crippen molar-refractivity contribution in [1.82, 2.24) is 10.9 Å². The number of benzene rings is 1. The van der Waals surface area contributed by atoms with Crippen molar-refractivity contribution < 1.29 is 0 Å². The lowest BCUT2D eigenvalue weighted by Crippen LogP contribution is -2.58. The Morgan fingerprint density at radius 2 is 2.27 bits per heavy atom. The highest BCUT2D eigenvalue weighted by molar-refractivity contribution is 5.87. The van der Waals surface area contributed by atoms with E-state index in [4.69, 9.17) is 11.7 Å². The number of nitrogens with one attached hydrogen (secondary N) is 2. The lowest BCUT2D eigenvalue weighted by Gasteiger charge is -2.32. The van der Waals surface area contributed by atoms with Gasteiger partial charge in [0.15, 0.2) is 5.66 Å². The monoisotopic (exact) mass is 204 g/mol. The van der Waals surface area contributed by atoms with Gasteiger partial charge < -0.3 is 5.84 Å². The maximum atomic E-state index is 5.51. The first kappa shape index (κ1) is 9.63. The molecule has 1 aromatic rings. The van der Waals surface area contributed by atoms with E-state index < -0.39 is 5.66 Å². The second-order valence-electron chi connectivity index (χ2n) is 3.19. The molecule has 0 aliphatic carbocycles.